The lowest BCUT2D eigenvalue weighted by atomic mass is 10.1. The van der Waals surface area contributed by atoms with Crippen LogP contribution in [0.3, 0.4) is 0 Å². The highest BCUT2D eigenvalue weighted by Gasteiger charge is 2.29. The second kappa shape index (κ2) is 3.96. The fraction of sp³-hybridized carbons (Fsp3) is 0.200. The van der Waals surface area contributed by atoms with E-state index < -0.39 is 11.7 Å². The lowest BCUT2D eigenvalue weighted by Crippen LogP contribution is -2.04. The number of nitrogens with zero attached hydrogens (tertiary/aromatic N) is 2. The molecule has 1 heterocycles. The summed E-state index contributed by atoms with van der Waals surface area (Å²) in [4.78, 5) is 3.78. The van der Waals surface area contributed by atoms with Gasteiger partial charge in [0.15, 0.2) is 6.33 Å². The first kappa shape index (κ1) is 10.7. The Morgan fingerprint density at radius 1 is 1.12 bits per heavy atom. The van der Waals surface area contributed by atoms with Crippen molar-refractivity contribution in [1.29, 1.82) is 0 Å². The maximum Gasteiger partial charge on any atom is 0.416 e. The van der Waals surface area contributed by atoms with Crippen LogP contribution in [0.4, 0.5) is 13.2 Å². The molecular weight excluding hydrogens is 221 g/mol. The third kappa shape index (κ3) is 2.39. The summed E-state index contributed by atoms with van der Waals surface area (Å²) in [7, 11) is 0. The zero-order valence-corrected chi connectivity index (χ0v) is 8.03. The third-order valence-electron chi connectivity index (χ3n) is 2.04. The van der Waals surface area contributed by atoms with Gasteiger partial charge in [0.1, 0.15) is 0 Å². The maximum absolute atomic E-state index is 12.3. The Kier molecular flexibility index (Phi) is 2.64. The number of alkyl halides is 3. The molecule has 0 unspecified atom stereocenters. The number of halogens is 3. The van der Waals surface area contributed by atoms with Crippen molar-refractivity contribution in [1.82, 2.24) is 10.1 Å². The highest BCUT2D eigenvalue weighted by atomic mass is 19.4. The van der Waals surface area contributed by atoms with Crippen molar-refractivity contribution in [3.63, 3.8) is 0 Å². The molecule has 3 nitrogen and oxygen atoms in total. The first-order chi connectivity index (χ1) is 7.55. The minimum absolute atomic E-state index is 0.331. The second-order valence-electron chi connectivity index (χ2n) is 3.21. The van der Waals surface area contributed by atoms with E-state index in [1.165, 1.54) is 18.5 Å². The fourth-order valence-electron chi connectivity index (χ4n) is 1.26. The molecular formula is C10H7F3N2O. The zero-order chi connectivity index (χ0) is 11.6. The van der Waals surface area contributed by atoms with E-state index in [2.05, 4.69) is 10.1 Å². The van der Waals surface area contributed by atoms with E-state index in [-0.39, 0.29) is 0 Å². The van der Waals surface area contributed by atoms with Gasteiger partial charge in [-0.3, -0.25) is 0 Å². The van der Waals surface area contributed by atoms with Crippen LogP contribution >= 0.6 is 0 Å². The normalized spacial score (nSPS) is 11.7. The molecule has 0 spiro atoms. The summed E-state index contributed by atoms with van der Waals surface area (Å²) in [6, 6.07) is 4.86. The molecule has 0 saturated carbocycles. The fourth-order valence-corrected chi connectivity index (χ4v) is 1.26. The van der Waals surface area contributed by atoms with E-state index in [1.807, 2.05) is 0 Å². The van der Waals surface area contributed by atoms with Gasteiger partial charge in [0.25, 0.3) is 0 Å². The summed E-state index contributed by atoms with van der Waals surface area (Å²) >= 11 is 0. The van der Waals surface area contributed by atoms with Crippen molar-refractivity contribution in [2.45, 2.75) is 12.6 Å². The SMILES string of the molecule is FC(F)(F)c1ccc(Cc2ncno2)cc1. The molecule has 1 aromatic carbocycles. The van der Waals surface area contributed by atoms with Crippen LogP contribution in [-0.2, 0) is 12.6 Å². The smallest absolute Gasteiger partial charge is 0.339 e. The van der Waals surface area contributed by atoms with Crippen LogP contribution in [-0.4, -0.2) is 10.1 Å². The van der Waals surface area contributed by atoms with Crippen molar-refractivity contribution in [3.05, 3.63) is 47.6 Å². The van der Waals surface area contributed by atoms with Crippen molar-refractivity contribution >= 4 is 0 Å². The second-order valence-corrected chi connectivity index (χ2v) is 3.21. The molecule has 0 aliphatic carbocycles. The molecule has 0 fully saturated rings. The van der Waals surface area contributed by atoms with Crippen molar-refractivity contribution in [2.75, 3.05) is 0 Å². The number of hydrogen-bond donors (Lipinski definition) is 0. The Morgan fingerprint density at radius 2 is 1.81 bits per heavy atom. The molecule has 0 saturated heterocycles. The van der Waals surface area contributed by atoms with Gasteiger partial charge in [-0.25, -0.2) is 0 Å². The van der Waals surface area contributed by atoms with Crippen LogP contribution in [0.25, 0.3) is 0 Å². The van der Waals surface area contributed by atoms with Crippen LogP contribution in [0.1, 0.15) is 17.0 Å². The van der Waals surface area contributed by atoms with Gasteiger partial charge < -0.3 is 4.52 Å². The van der Waals surface area contributed by atoms with Crippen LogP contribution in [0.2, 0.25) is 0 Å². The average molecular weight is 228 g/mol. The Hall–Kier alpha value is -1.85. The minimum atomic E-state index is -4.30. The average Bonchev–Trinajstić information content (AvgIpc) is 2.70. The predicted molar refractivity (Wildman–Crippen MR) is 48.5 cm³/mol. The number of hydrogen-bond acceptors (Lipinski definition) is 3. The molecule has 84 valence electrons. The summed E-state index contributed by atoms with van der Waals surface area (Å²) in [5.41, 5.74) is 0.0269. The quantitative estimate of drug-likeness (QED) is 0.793. The van der Waals surface area contributed by atoms with Gasteiger partial charge in [-0.1, -0.05) is 17.3 Å². The van der Waals surface area contributed by atoms with Gasteiger partial charge in [0, 0.05) is 0 Å². The monoisotopic (exact) mass is 228 g/mol. The summed E-state index contributed by atoms with van der Waals surface area (Å²) in [5.74, 6) is 0.375. The van der Waals surface area contributed by atoms with Crippen LogP contribution in [0, 0.1) is 0 Å². The molecule has 6 heteroatoms. The molecule has 2 rings (SSSR count). The van der Waals surface area contributed by atoms with Crippen LogP contribution in [0.15, 0.2) is 35.1 Å². The molecule has 0 bridgehead atoms. The van der Waals surface area contributed by atoms with E-state index in [0.29, 0.717) is 17.9 Å². The van der Waals surface area contributed by atoms with Crippen molar-refractivity contribution in [3.8, 4) is 0 Å². The van der Waals surface area contributed by atoms with Crippen molar-refractivity contribution in [2.24, 2.45) is 0 Å². The minimum Gasteiger partial charge on any atom is -0.339 e. The Bertz CT molecular complexity index is 448. The van der Waals surface area contributed by atoms with Gasteiger partial charge in [-0.15, -0.1) is 0 Å². The number of benzene rings is 1. The number of aromatic nitrogens is 2. The van der Waals surface area contributed by atoms with E-state index in [9.17, 15) is 13.2 Å². The maximum atomic E-state index is 12.3. The Morgan fingerprint density at radius 3 is 2.31 bits per heavy atom. The standard InChI is InChI=1S/C10H7F3N2O/c11-10(12,13)8-3-1-7(2-4-8)5-9-14-6-15-16-9/h1-4,6H,5H2. The number of rotatable bonds is 2. The molecule has 0 atom stereocenters. The van der Waals surface area contributed by atoms with Gasteiger partial charge in [-0.05, 0) is 17.7 Å². The van der Waals surface area contributed by atoms with Crippen molar-refractivity contribution < 1.29 is 17.7 Å². The molecule has 0 aliphatic rings. The first-order valence-electron chi connectivity index (χ1n) is 4.47. The zero-order valence-electron chi connectivity index (χ0n) is 8.03. The van der Waals surface area contributed by atoms with E-state index in [0.717, 1.165) is 12.1 Å². The van der Waals surface area contributed by atoms with E-state index in [1.54, 1.807) is 0 Å². The van der Waals surface area contributed by atoms with Gasteiger partial charge in [0.05, 0.1) is 12.0 Å². The summed E-state index contributed by atoms with van der Waals surface area (Å²) in [5, 5.41) is 3.41. The summed E-state index contributed by atoms with van der Waals surface area (Å²) in [6.07, 6.45) is -2.72. The summed E-state index contributed by atoms with van der Waals surface area (Å²) < 4.78 is 41.5. The highest BCUT2D eigenvalue weighted by molar-refractivity contribution is 5.26. The molecule has 2 aromatic rings. The van der Waals surface area contributed by atoms with Gasteiger partial charge in [-0.2, -0.15) is 18.2 Å². The summed E-state index contributed by atoms with van der Waals surface area (Å²) in [6.45, 7) is 0. The van der Waals surface area contributed by atoms with Gasteiger partial charge >= 0.3 is 6.18 Å². The predicted octanol–water partition coefficient (Wildman–Crippen LogP) is 2.68. The Balaban J connectivity index is 2.14. The van der Waals surface area contributed by atoms with Gasteiger partial charge in [0.2, 0.25) is 5.89 Å². The van der Waals surface area contributed by atoms with Crippen LogP contribution in [0.5, 0.6) is 0 Å². The molecule has 0 aliphatic heterocycles. The largest absolute Gasteiger partial charge is 0.416 e. The lowest BCUT2D eigenvalue weighted by molar-refractivity contribution is -0.137. The molecule has 0 N–H and O–H groups in total. The van der Waals surface area contributed by atoms with Crippen LogP contribution < -0.4 is 0 Å². The first-order valence-corrected chi connectivity index (χ1v) is 4.47. The molecule has 0 amide bonds. The van der Waals surface area contributed by atoms with E-state index >= 15 is 0 Å². The van der Waals surface area contributed by atoms with E-state index in [4.69, 9.17) is 4.52 Å². The molecule has 16 heavy (non-hydrogen) atoms. The lowest BCUT2D eigenvalue weighted by Gasteiger charge is -2.06. The Labute approximate surface area is 88.9 Å². The highest BCUT2D eigenvalue weighted by Crippen LogP contribution is 2.29. The third-order valence-corrected chi connectivity index (χ3v) is 2.04. The topological polar surface area (TPSA) is 38.9 Å². The molecule has 1 aromatic heterocycles. The molecule has 0 radical (unpaired) electrons.